The summed E-state index contributed by atoms with van der Waals surface area (Å²) in [5, 5.41) is 1.47. The molecule has 0 aromatic carbocycles. The summed E-state index contributed by atoms with van der Waals surface area (Å²) < 4.78 is 0. The summed E-state index contributed by atoms with van der Waals surface area (Å²) in [7, 11) is 0. The van der Waals surface area contributed by atoms with Crippen LogP contribution in [0.3, 0.4) is 0 Å². The lowest BCUT2D eigenvalue weighted by molar-refractivity contribution is 0.518. The summed E-state index contributed by atoms with van der Waals surface area (Å²) in [5.41, 5.74) is 0. The van der Waals surface area contributed by atoms with Crippen molar-refractivity contribution in [1.82, 2.24) is 0 Å². The summed E-state index contributed by atoms with van der Waals surface area (Å²) in [5.74, 6) is 0. The average molecular weight is 218 g/mol. The quantitative estimate of drug-likeness (QED) is 0.562. The normalized spacial score (nSPS) is 25.4. The van der Waals surface area contributed by atoms with Gasteiger partial charge in [-0.3, -0.25) is 0 Å². The van der Waals surface area contributed by atoms with Crippen molar-refractivity contribution < 1.29 is 0 Å². The van der Waals surface area contributed by atoms with Gasteiger partial charge in [0.1, 0.15) is 0 Å². The third-order valence-electron chi connectivity index (χ3n) is 2.90. The van der Waals surface area contributed by atoms with Crippen LogP contribution in [0.5, 0.6) is 0 Å². The molecule has 0 nitrogen and oxygen atoms in total. The van der Waals surface area contributed by atoms with Gasteiger partial charge in [0.25, 0.3) is 0 Å². The SMILES string of the molecule is SC1CCCC1.SC1CCCCC1. The van der Waals surface area contributed by atoms with E-state index in [0.717, 1.165) is 10.5 Å². The van der Waals surface area contributed by atoms with Gasteiger partial charge in [0.05, 0.1) is 0 Å². The topological polar surface area (TPSA) is 0 Å². The van der Waals surface area contributed by atoms with Crippen LogP contribution in [0.4, 0.5) is 0 Å². The smallest absolute Gasteiger partial charge is 0.00168 e. The number of rotatable bonds is 0. The highest BCUT2D eigenvalue weighted by Gasteiger charge is 2.08. The van der Waals surface area contributed by atoms with Gasteiger partial charge in [0.15, 0.2) is 0 Å². The monoisotopic (exact) mass is 218 g/mol. The minimum absolute atomic E-state index is 0.730. The molecule has 2 rings (SSSR count). The van der Waals surface area contributed by atoms with Crippen molar-refractivity contribution in [2.24, 2.45) is 0 Å². The molecule has 13 heavy (non-hydrogen) atoms. The van der Waals surface area contributed by atoms with Crippen LogP contribution in [0.25, 0.3) is 0 Å². The first kappa shape index (κ1) is 11.8. The Hall–Kier alpha value is 0.700. The fourth-order valence-electron chi connectivity index (χ4n) is 1.99. The zero-order valence-electron chi connectivity index (χ0n) is 8.41. The van der Waals surface area contributed by atoms with Gasteiger partial charge >= 0.3 is 0 Å². The second-order valence-corrected chi connectivity index (χ2v) is 5.69. The molecular formula is C11H22S2. The minimum atomic E-state index is 0.730. The molecule has 0 N–H and O–H groups in total. The first-order valence-corrected chi connectivity index (χ1v) is 6.68. The van der Waals surface area contributed by atoms with Crippen LogP contribution >= 0.6 is 25.3 Å². The van der Waals surface area contributed by atoms with Crippen molar-refractivity contribution in [2.75, 3.05) is 0 Å². The molecule has 2 aliphatic rings. The van der Waals surface area contributed by atoms with E-state index in [0.29, 0.717) is 0 Å². The highest BCUT2D eigenvalue weighted by Crippen LogP contribution is 2.22. The van der Waals surface area contributed by atoms with Crippen LogP contribution in [0.2, 0.25) is 0 Å². The minimum Gasteiger partial charge on any atom is -0.176 e. The number of hydrogen-bond acceptors (Lipinski definition) is 2. The molecule has 0 atom stereocenters. The second-order valence-electron chi connectivity index (χ2n) is 4.23. The van der Waals surface area contributed by atoms with E-state index in [4.69, 9.17) is 0 Å². The van der Waals surface area contributed by atoms with Gasteiger partial charge in [0, 0.05) is 10.5 Å². The van der Waals surface area contributed by atoms with Gasteiger partial charge in [-0.05, 0) is 25.7 Å². The first-order chi connectivity index (χ1) is 6.29. The van der Waals surface area contributed by atoms with E-state index in [1.807, 2.05) is 0 Å². The molecule has 0 amide bonds. The highest BCUT2D eigenvalue weighted by atomic mass is 32.1. The fraction of sp³-hybridized carbons (Fsp3) is 1.00. The largest absolute Gasteiger partial charge is 0.176 e. The Labute approximate surface area is 93.7 Å². The van der Waals surface area contributed by atoms with Crippen LogP contribution in [0, 0.1) is 0 Å². The van der Waals surface area contributed by atoms with E-state index < -0.39 is 0 Å². The van der Waals surface area contributed by atoms with E-state index >= 15 is 0 Å². The van der Waals surface area contributed by atoms with Gasteiger partial charge in [-0.25, -0.2) is 0 Å². The predicted octanol–water partition coefficient (Wildman–Crippen LogP) is 4.11. The molecule has 78 valence electrons. The molecule has 0 bridgehead atoms. The molecule has 0 heterocycles. The van der Waals surface area contributed by atoms with Crippen molar-refractivity contribution >= 4 is 25.3 Å². The van der Waals surface area contributed by atoms with E-state index in [2.05, 4.69) is 25.3 Å². The van der Waals surface area contributed by atoms with Gasteiger partial charge in [-0.2, -0.15) is 25.3 Å². The van der Waals surface area contributed by atoms with Crippen molar-refractivity contribution in [3.05, 3.63) is 0 Å². The van der Waals surface area contributed by atoms with Crippen LogP contribution in [-0.2, 0) is 0 Å². The number of hydrogen-bond donors (Lipinski definition) is 2. The van der Waals surface area contributed by atoms with Crippen molar-refractivity contribution in [1.29, 1.82) is 0 Å². The molecule has 0 unspecified atom stereocenters. The van der Waals surface area contributed by atoms with E-state index in [1.54, 1.807) is 0 Å². The molecule has 0 saturated heterocycles. The summed E-state index contributed by atoms with van der Waals surface area (Å²) in [4.78, 5) is 0. The van der Waals surface area contributed by atoms with E-state index in [1.165, 1.54) is 57.8 Å². The Morgan fingerprint density at radius 2 is 0.846 bits per heavy atom. The Kier molecular flexibility index (Phi) is 6.39. The summed E-state index contributed by atoms with van der Waals surface area (Å²) in [6.07, 6.45) is 12.5. The van der Waals surface area contributed by atoms with Crippen LogP contribution in [0.15, 0.2) is 0 Å². The Morgan fingerprint density at radius 1 is 0.538 bits per heavy atom. The van der Waals surface area contributed by atoms with Crippen LogP contribution in [-0.4, -0.2) is 10.5 Å². The van der Waals surface area contributed by atoms with Crippen molar-refractivity contribution in [3.63, 3.8) is 0 Å². The van der Waals surface area contributed by atoms with Crippen molar-refractivity contribution in [3.8, 4) is 0 Å². The molecule has 2 fully saturated rings. The maximum Gasteiger partial charge on any atom is 0.00168 e. The lowest BCUT2D eigenvalue weighted by Gasteiger charge is -2.14. The fourth-order valence-corrected chi connectivity index (χ4v) is 2.72. The van der Waals surface area contributed by atoms with Gasteiger partial charge in [-0.1, -0.05) is 32.1 Å². The molecule has 2 aliphatic carbocycles. The third-order valence-corrected chi connectivity index (χ3v) is 3.93. The van der Waals surface area contributed by atoms with E-state index in [9.17, 15) is 0 Å². The zero-order chi connectivity index (χ0) is 9.52. The summed E-state index contributed by atoms with van der Waals surface area (Å²) in [6, 6.07) is 0. The molecule has 0 aliphatic heterocycles. The third kappa shape index (κ3) is 5.90. The lowest BCUT2D eigenvalue weighted by atomic mass is 10.0. The molecule has 2 saturated carbocycles. The average Bonchev–Trinajstić information content (AvgIpc) is 2.58. The van der Waals surface area contributed by atoms with E-state index in [-0.39, 0.29) is 0 Å². The van der Waals surface area contributed by atoms with Crippen LogP contribution in [0.1, 0.15) is 57.8 Å². The highest BCUT2D eigenvalue weighted by molar-refractivity contribution is 7.81. The molecule has 0 radical (unpaired) electrons. The van der Waals surface area contributed by atoms with Gasteiger partial charge in [-0.15, -0.1) is 0 Å². The second kappa shape index (κ2) is 7.05. The molecular weight excluding hydrogens is 196 g/mol. The standard InChI is InChI=1S/C6H12S.C5H10S/c7-6-4-2-1-3-5-6;6-5-3-1-2-4-5/h6-7H,1-5H2;5-6H,1-4H2. The maximum atomic E-state index is 4.36. The first-order valence-electron chi connectivity index (χ1n) is 5.65. The lowest BCUT2D eigenvalue weighted by Crippen LogP contribution is -2.03. The van der Waals surface area contributed by atoms with Gasteiger partial charge < -0.3 is 0 Å². The molecule has 0 aromatic rings. The summed E-state index contributed by atoms with van der Waals surface area (Å²) >= 11 is 8.65. The Balaban J connectivity index is 0.000000132. The number of thiol groups is 2. The zero-order valence-corrected chi connectivity index (χ0v) is 10.2. The molecule has 2 heteroatoms. The van der Waals surface area contributed by atoms with Gasteiger partial charge in [0.2, 0.25) is 0 Å². The Morgan fingerprint density at radius 3 is 1.00 bits per heavy atom. The predicted molar refractivity (Wildman–Crippen MR) is 67.1 cm³/mol. The molecule has 0 spiro atoms. The van der Waals surface area contributed by atoms with Crippen LogP contribution < -0.4 is 0 Å². The molecule has 0 aromatic heterocycles. The van der Waals surface area contributed by atoms with Crippen molar-refractivity contribution in [2.45, 2.75) is 68.3 Å². The maximum absolute atomic E-state index is 4.36. The Bertz CT molecular complexity index is 113. The summed E-state index contributed by atoms with van der Waals surface area (Å²) in [6.45, 7) is 0.